The summed E-state index contributed by atoms with van der Waals surface area (Å²) in [6, 6.07) is 14.6. The smallest absolute Gasteiger partial charge is 0.246 e. The van der Waals surface area contributed by atoms with Gasteiger partial charge in [0.25, 0.3) is 0 Å². The number of aryl methyl sites for hydroxylation is 1. The zero-order valence-electron chi connectivity index (χ0n) is 17.2. The number of piperidine rings is 1. The van der Waals surface area contributed by atoms with Crippen LogP contribution < -0.4 is 0 Å². The summed E-state index contributed by atoms with van der Waals surface area (Å²) in [7, 11) is 0. The highest BCUT2D eigenvalue weighted by Crippen LogP contribution is 2.39. The third-order valence-corrected chi connectivity index (χ3v) is 6.40. The second-order valence-corrected chi connectivity index (χ2v) is 8.59. The summed E-state index contributed by atoms with van der Waals surface area (Å²) < 4.78 is 0. The van der Waals surface area contributed by atoms with Crippen molar-refractivity contribution in [2.45, 2.75) is 32.1 Å². The molecule has 2 saturated heterocycles. The Balaban J connectivity index is 1.27. The maximum Gasteiger partial charge on any atom is 0.246 e. The summed E-state index contributed by atoms with van der Waals surface area (Å²) in [5, 5.41) is 0. The van der Waals surface area contributed by atoms with E-state index in [1.165, 1.54) is 31.4 Å². The van der Waals surface area contributed by atoms with E-state index in [-0.39, 0.29) is 5.91 Å². The molecule has 29 heavy (non-hydrogen) atoms. The molecule has 2 aromatic rings. The van der Waals surface area contributed by atoms with E-state index >= 15 is 0 Å². The van der Waals surface area contributed by atoms with Crippen LogP contribution in [0.25, 0.3) is 6.08 Å². The Bertz CT molecular complexity index is 820. The predicted octanol–water partition coefficient (Wildman–Crippen LogP) is 4.04. The van der Waals surface area contributed by atoms with E-state index in [2.05, 4.69) is 40.2 Å². The molecule has 1 atom stereocenters. The summed E-state index contributed by atoms with van der Waals surface area (Å²) in [5.41, 5.74) is 2.74. The van der Waals surface area contributed by atoms with Gasteiger partial charge in [0.05, 0.1) is 0 Å². The molecule has 2 aliphatic heterocycles. The van der Waals surface area contributed by atoms with Crippen LogP contribution in [0, 0.1) is 5.41 Å². The van der Waals surface area contributed by atoms with E-state index in [0.717, 1.165) is 44.6 Å². The normalized spacial score (nSPS) is 22.6. The minimum absolute atomic E-state index is 0.139. The van der Waals surface area contributed by atoms with Crippen LogP contribution in [0.4, 0.5) is 0 Å². The number of pyridine rings is 1. The molecular weight excluding hydrogens is 358 g/mol. The molecule has 152 valence electrons. The SMILES string of the molecule is O=C(/C=C/c1ccncc1)N1CCC2(CCCN(CCCc3ccccc3)C2)C1. The maximum atomic E-state index is 12.7. The fraction of sp³-hybridized carbons (Fsp3) is 0.440. The van der Waals surface area contributed by atoms with Gasteiger partial charge in [-0.25, -0.2) is 0 Å². The lowest BCUT2D eigenvalue weighted by atomic mass is 9.79. The highest BCUT2D eigenvalue weighted by atomic mass is 16.2. The third kappa shape index (κ3) is 5.33. The first-order valence-corrected chi connectivity index (χ1v) is 10.9. The molecule has 0 radical (unpaired) electrons. The molecule has 0 N–H and O–H groups in total. The van der Waals surface area contributed by atoms with Crippen LogP contribution in [0.2, 0.25) is 0 Å². The van der Waals surface area contributed by atoms with Gasteiger partial charge in [0.2, 0.25) is 5.91 Å². The van der Waals surface area contributed by atoms with E-state index in [9.17, 15) is 4.79 Å². The highest BCUT2D eigenvalue weighted by molar-refractivity contribution is 5.92. The first-order valence-electron chi connectivity index (χ1n) is 10.9. The largest absolute Gasteiger partial charge is 0.339 e. The van der Waals surface area contributed by atoms with Crippen LogP contribution in [0.5, 0.6) is 0 Å². The fourth-order valence-electron chi connectivity index (χ4n) is 4.86. The summed E-state index contributed by atoms with van der Waals surface area (Å²) >= 11 is 0. The molecule has 0 aliphatic carbocycles. The van der Waals surface area contributed by atoms with Crippen LogP contribution in [-0.4, -0.2) is 53.4 Å². The maximum absolute atomic E-state index is 12.7. The number of nitrogens with zero attached hydrogens (tertiary/aromatic N) is 3. The zero-order chi connectivity index (χ0) is 19.9. The van der Waals surface area contributed by atoms with Gasteiger partial charge >= 0.3 is 0 Å². The molecule has 1 spiro atoms. The standard InChI is InChI=1S/C25H31N3O/c29-24(10-9-23-11-15-26-16-12-23)28-19-14-25(21-28)13-5-18-27(20-25)17-4-8-22-6-2-1-3-7-22/h1-3,6-7,9-12,15-16H,4-5,8,13-14,17-21H2/b10-9+. The minimum Gasteiger partial charge on any atom is -0.339 e. The van der Waals surface area contributed by atoms with E-state index in [1.807, 2.05) is 23.1 Å². The van der Waals surface area contributed by atoms with E-state index < -0.39 is 0 Å². The molecule has 2 aliphatic rings. The lowest BCUT2D eigenvalue weighted by molar-refractivity contribution is -0.125. The molecule has 3 heterocycles. The van der Waals surface area contributed by atoms with E-state index in [4.69, 9.17) is 0 Å². The molecule has 2 fully saturated rings. The molecule has 4 nitrogen and oxygen atoms in total. The second-order valence-electron chi connectivity index (χ2n) is 8.59. The lowest BCUT2D eigenvalue weighted by Crippen LogP contribution is -2.45. The highest BCUT2D eigenvalue weighted by Gasteiger charge is 2.42. The van der Waals surface area contributed by atoms with Gasteiger partial charge in [-0.05, 0) is 74.5 Å². The van der Waals surface area contributed by atoms with Crippen LogP contribution >= 0.6 is 0 Å². The zero-order valence-corrected chi connectivity index (χ0v) is 17.2. The summed E-state index contributed by atoms with van der Waals surface area (Å²) in [6.07, 6.45) is 13.1. The summed E-state index contributed by atoms with van der Waals surface area (Å²) in [5.74, 6) is 0.139. The first kappa shape index (κ1) is 19.8. The Morgan fingerprint density at radius 2 is 1.86 bits per heavy atom. The molecule has 1 unspecified atom stereocenters. The summed E-state index contributed by atoms with van der Waals surface area (Å²) in [4.78, 5) is 21.4. The van der Waals surface area contributed by atoms with Crippen molar-refractivity contribution in [2.24, 2.45) is 5.41 Å². The summed E-state index contributed by atoms with van der Waals surface area (Å²) in [6.45, 7) is 5.29. The number of amides is 1. The van der Waals surface area contributed by atoms with Crippen molar-refractivity contribution in [2.75, 3.05) is 32.7 Å². The fourth-order valence-corrected chi connectivity index (χ4v) is 4.86. The predicted molar refractivity (Wildman–Crippen MR) is 117 cm³/mol. The second kappa shape index (κ2) is 9.36. The van der Waals surface area contributed by atoms with Crippen molar-refractivity contribution >= 4 is 12.0 Å². The van der Waals surface area contributed by atoms with Gasteiger partial charge < -0.3 is 9.80 Å². The first-order chi connectivity index (χ1) is 14.2. The average Bonchev–Trinajstić information content (AvgIpc) is 3.17. The molecular formula is C25H31N3O. The molecule has 1 aromatic carbocycles. The number of carbonyl (C=O) groups is 1. The number of benzene rings is 1. The molecule has 4 heteroatoms. The van der Waals surface area contributed by atoms with Gasteiger partial charge in [-0.1, -0.05) is 30.3 Å². The topological polar surface area (TPSA) is 36.4 Å². The Hall–Kier alpha value is -2.46. The quantitative estimate of drug-likeness (QED) is 0.700. The van der Waals surface area contributed by atoms with Crippen molar-refractivity contribution in [3.63, 3.8) is 0 Å². The number of aromatic nitrogens is 1. The average molecular weight is 390 g/mol. The number of carbonyl (C=O) groups excluding carboxylic acids is 1. The molecule has 1 amide bonds. The van der Waals surface area contributed by atoms with Crippen molar-refractivity contribution in [3.05, 3.63) is 72.1 Å². The minimum atomic E-state index is 0.139. The lowest BCUT2D eigenvalue weighted by Gasteiger charge is -2.40. The van der Waals surface area contributed by atoms with Crippen molar-refractivity contribution in [1.29, 1.82) is 0 Å². The van der Waals surface area contributed by atoms with Gasteiger partial charge in [-0.3, -0.25) is 9.78 Å². The van der Waals surface area contributed by atoms with Crippen LogP contribution in [-0.2, 0) is 11.2 Å². The number of hydrogen-bond acceptors (Lipinski definition) is 3. The Morgan fingerprint density at radius 3 is 2.69 bits per heavy atom. The molecule has 0 bridgehead atoms. The van der Waals surface area contributed by atoms with Gasteiger partial charge in [0, 0.05) is 43.5 Å². The van der Waals surface area contributed by atoms with Crippen molar-refractivity contribution in [3.8, 4) is 0 Å². The number of hydrogen-bond donors (Lipinski definition) is 0. The van der Waals surface area contributed by atoms with Gasteiger partial charge in [-0.2, -0.15) is 0 Å². The third-order valence-electron chi connectivity index (χ3n) is 6.40. The van der Waals surface area contributed by atoms with E-state index in [0.29, 0.717) is 5.41 Å². The Labute approximate surface area is 174 Å². The van der Waals surface area contributed by atoms with Crippen LogP contribution in [0.1, 0.15) is 36.8 Å². The van der Waals surface area contributed by atoms with Crippen molar-refractivity contribution < 1.29 is 4.79 Å². The molecule has 1 aromatic heterocycles. The van der Waals surface area contributed by atoms with Crippen molar-refractivity contribution in [1.82, 2.24) is 14.8 Å². The Kier molecular flexibility index (Phi) is 6.40. The van der Waals surface area contributed by atoms with Gasteiger partial charge in [0.1, 0.15) is 0 Å². The Morgan fingerprint density at radius 1 is 1.03 bits per heavy atom. The number of rotatable bonds is 6. The molecule has 4 rings (SSSR count). The van der Waals surface area contributed by atoms with E-state index in [1.54, 1.807) is 18.5 Å². The van der Waals surface area contributed by atoms with Crippen LogP contribution in [0.15, 0.2) is 60.9 Å². The molecule has 0 saturated carbocycles. The number of likely N-dealkylation sites (tertiary alicyclic amines) is 2. The van der Waals surface area contributed by atoms with Gasteiger partial charge in [-0.15, -0.1) is 0 Å². The van der Waals surface area contributed by atoms with Crippen LogP contribution in [0.3, 0.4) is 0 Å². The van der Waals surface area contributed by atoms with Gasteiger partial charge in [0.15, 0.2) is 0 Å². The monoisotopic (exact) mass is 389 g/mol.